The first kappa shape index (κ1) is 14.9. The maximum absolute atomic E-state index is 11.8. The summed E-state index contributed by atoms with van der Waals surface area (Å²) in [5, 5.41) is 3.63. The molecule has 0 heterocycles. The smallest absolute Gasteiger partial charge is 0.248 e. The Bertz CT molecular complexity index is 630. The van der Waals surface area contributed by atoms with Gasteiger partial charge in [-0.15, -0.1) is 0 Å². The van der Waals surface area contributed by atoms with Gasteiger partial charge in [0.15, 0.2) is 0 Å². The van der Waals surface area contributed by atoms with Gasteiger partial charge in [-0.05, 0) is 23.8 Å². The molecule has 0 unspecified atom stereocenters. The number of hydrogen-bond donors (Lipinski definition) is 1. The Kier molecular flexibility index (Phi) is 5.07. The van der Waals surface area contributed by atoms with Crippen LogP contribution in [0.5, 0.6) is 0 Å². The van der Waals surface area contributed by atoms with Crippen molar-refractivity contribution < 1.29 is 4.79 Å². The molecule has 2 aromatic rings. The molecule has 2 nitrogen and oxygen atoms in total. The number of anilines is 1. The molecule has 0 aliphatic carbocycles. The molecular formula is C15H10Cl3NO. The molecular weight excluding hydrogens is 317 g/mol. The molecule has 0 atom stereocenters. The van der Waals surface area contributed by atoms with E-state index < -0.39 is 0 Å². The summed E-state index contributed by atoms with van der Waals surface area (Å²) >= 11 is 17.8. The number of hydrogen-bond acceptors (Lipinski definition) is 1. The van der Waals surface area contributed by atoms with E-state index >= 15 is 0 Å². The number of nitrogens with one attached hydrogen (secondary N) is 1. The largest absolute Gasteiger partial charge is 0.320 e. The van der Waals surface area contributed by atoms with Crippen LogP contribution in [-0.2, 0) is 4.79 Å². The van der Waals surface area contributed by atoms with Crippen LogP contribution in [0.4, 0.5) is 5.69 Å². The normalized spacial score (nSPS) is 10.8. The van der Waals surface area contributed by atoms with E-state index in [2.05, 4.69) is 5.32 Å². The molecule has 2 rings (SSSR count). The Hall–Kier alpha value is -1.48. The maximum atomic E-state index is 11.8. The lowest BCUT2D eigenvalue weighted by Gasteiger charge is -2.07. The zero-order chi connectivity index (χ0) is 14.5. The quantitative estimate of drug-likeness (QED) is 0.762. The minimum Gasteiger partial charge on any atom is -0.320 e. The van der Waals surface area contributed by atoms with Crippen LogP contribution in [0.25, 0.3) is 6.08 Å². The first-order chi connectivity index (χ1) is 9.56. The third-order valence-electron chi connectivity index (χ3n) is 2.48. The summed E-state index contributed by atoms with van der Waals surface area (Å²) < 4.78 is 0. The summed E-state index contributed by atoms with van der Waals surface area (Å²) in [4.78, 5) is 11.8. The Morgan fingerprint density at radius 2 is 1.60 bits per heavy atom. The van der Waals surface area contributed by atoms with Crippen molar-refractivity contribution in [2.24, 2.45) is 0 Å². The van der Waals surface area contributed by atoms with Crippen molar-refractivity contribution in [3.05, 3.63) is 69.2 Å². The molecule has 102 valence electrons. The van der Waals surface area contributed by atoms with Gasteiger partial charge in [0.05, 0.1) is 15.7 Å². The average molecular weight is 327 g/mol. The average Bonchev–Trinajstić information content (AvgIpc) is 2.42. The van der Waals surface area contributed by atoms with Crippen LogP contribution in [0.2, 0.25) is 15.1 Å². The number of benzene rings is 2. The molecule has 0 bridgehead atoms. The van der Waals surface area contributed by atoms with Gasteiger partial charge in [0.1, 0.15) is 0 Å². The SMILES string of the molecule is O=C(/C=C/c1ccccc1)Nc1c(Cl)cc(Cl)cc1Cl. The van der Waals surface area contributed by atoms with Gasteiger partial charge < -0.3 is 5.32 Å². The van der Waals surface area contributed by atoms with Gasteiger partial charge in [-0.2, -0.15) is 0 Å². The fraction of sp³-hybridized carbons (Fsp3) is 0. The van der Waals surface area contributed by atoms with Crippen LogP contribution >= 0.6 is 34.8 Å². The van der Waals surface area contributed by atoms with Crippen molar-refractivity contribution in [2.75, 3.05) is 5.32 Å². The molecule has 2 aromatic carbocycles. The summed E-state index contributed by atoms with van der Waals surface area (Å²) in [5.74, 6) is -0.319. The van der Waals surface area contributed by atoms with Gasteiger partial charge in [0.25, 0.3) is 0 Å². The fourth-order valence-corrected chi connectivity index (χ4v) is 2.47. The molecule has 5 heteroatoms. The third kappa shape index (κ3) is 4.01. The first-order valence-corrected chi connectivity index (χ1v) is 6.88. The van der Waals surface area contributed by atoms with E-state index in [4.69, 9.17) is 34.8 Å². The highest BCUT2D eigenvalue weighted by molar-refractivity contribution is 6.42. The van der Waals surface area contributed by atoms with Crippen molar-refractivity contribution in [2.45, 2.75) is 0 Å². The highest BCUT2D eigenvalue weighted by atomic mass is 35.5. The topological polar surface area (TPSA) is 29.1 Å². The monoisotopic (exact) mass is 325 g/mol. The summed E-state index contributed by atoms with van der Waals surface area (Å²) in [5.41, 5.74) is 1.27. The van der Waals surface area contributed by atoms with E-state index in [1.54, 1.807) is 6.08 Å². The van der Waals surface area contributed by atoms with Crippen LogP contribution in [-0.4, -0.2) is 5.91 Å². The minimum absolute atomic E-state index is 0.295. The second kappa shape index (κ2) is 6.80. The Labute approximate surface area is 132 Å². The molecule has 0 aromatic heterocycles. The Morgan fingerprint density at radius 3 is 2.20 bits per heavy atom. The summed E-state index contributed by atoms with van der Waals surface area (Å²) in [6.45, 7) is 0. The van der Waals surface area contributed by atoms with Gasteiger partial charge in [0.2, 0.25) is 5.91 Å². The number of halogens is 3. The maximum Gasteiger partial charge on any atom is 0.248 e. The highest BCUT2D eigenvalue weighted by Gasteiger charge is 2.09. The Balaban J connectivity index is 2.11. The van der Waals surface area contributed by atoms with E-state index in [9.17, 15) is 4.79 Å². The van der Waals surface area contributed by atoms with E-state index in [1.165, 1.54) is 18.2 Å². The number of carbonyl (C=O) groups is 1. The van der Waals surface area contributed by atoms with Crippen LogP contribution in [0.15, 0.2) is 48.5 Å². The van der Waals surface area contributed by atoms with E-state index in [1.807, 2.05) is 30.3 Å². The van der Waals surface area contributed by atoms with Crippen LogP contribution in [0, 0.1) is 0 Å². The molecule has 0 spiro atoms. The molecule has 20 heavy (non-hydrogen) atoms. The second-order valence-corrected chi connectivity index (χ2v) is 5.23. The number of rotatable bonds is 3. The van der Waals surface area contributed by atoms with Gasteiger partial charge in [-0.1, -0.05) is 65.1 Å². The van der Waals surface area contributed by atoms with E-state index in [-0.39, 0.29) is 5.91 Å². The standard InChI is InChI=1S/C15H10Cl3NO/c16-11-8-12(17)15(13(18)9-11)19-14(20)7-6-10-4-2-1-3-5-10/h1-9H,(H,19,20)/b7-6+. The molecule has 0 saturated carbocycles. The highest BCUT2D eigenvalue weighted by Crippen LogP contribution is 2.33. The minimum atomic E-state index is -0.319. The van der Waals surface area contributed by atoms with Crippen LogP contribution < -0.4 is 5.32 Å². The number of carbonyl (C=O) groups excluding carboxylic acids is 1. The van der Waals surface area contributed by atoms with Gasteiger partial charge in [0, 0.05) is 11.1 Å². The lowest BCUT2D eigenvalue weighted by atomic mass is 10.2. The molecule has 0 radical (unpaired) electrons. The molecule has 0 aliphatic heterocycles. The van der Waals surface area contributed by atoms with Crippen LogP contribution in [0.1, 0.15) is 5.56 Å². The molecule has 0 saturated heterocycles. The van der Waals surface area contributed by atoms with Crippen molar-refractivity contribution >= 4 is 52.5 Å². The number of amides is 1. The predicted octanol–water partition coefficient (Wildman–Crippen LogP) is 5.30. The molecule has 0 aliphatic rings. The van der Waals surface area contributed by atoms with E-state index in [0.717, 1.165) is 5.56 Å². The fourth-order valence-electron chi connectivity index (χ4n) is 1.56. The van der Waals surface area contributed by atoms with Crippen LogP contribution in [0.3, 0.4) is 0 Å². The summed E-state index contributed by atoms with van der Waals surface area (Å²) in [6, 6.07) is 12.5. The second-order valence-electron chi connectivity index (χ2n) is 3.98. The zero-order valence-corrected chi connectivity index (χ0v) is 12.5. The zero-order valence-electron chi connectivity index (χ0n) is 10.2. The van der Waals surface area contributed by atoms with Gasteiger partial charge in [-0.3, -0.25) is 4.79 Å². The van der Waals surface area contributed by atoms with Crippen molar-refractivity contribution in [3.63, 3.8) is 0 Å². The summed E-state index contributed by atoms with van der Waals surface area (Å²) in [6.07, 6.45) is 3.11. The molecule has 1 N–H and O–H groups in total. The molecule has 0 fully saturated rings. The van der Waals surface area contributed by atoms with Gasteiger partial charge in [-0.25, -0.2) is 0 Å². The molecule has 1 amide bonds. The van der Waals surface area contributed by atoms with Gasteiger partial charge >= 0.3 is 0 Å². The summed E-state index contributed by atoms with van der Waals surface area (Å²) in [7, 11) is 0. The lowest BCUT2D eigenvalue weighted by molar-refractivity contribution is -0.111. The Morgan fingerprint density at radius 1 is 1.00 bits per heavy atom. The first-order valence-electron chi connectivity index (χ1n) is 5.75. The van der Waals surface area contributed by atoms with Crippen molar-refractivity contribution in [1.82, 2.24) is 0 Å². The van der Waals surface area contributed by atoms with Crippen molar-refractivity contribution in [3.8, 4) is 0 Å². The lowest BCUT2D eigenvalue weighted by Crippen LogP contribution is -2.08. The van der Waals surface area contributed by atoms with Crippen molar-refractivity contribution in [1.29, 1.82) is 0 Å². The predicted molar refractivity (Wildman–Crippen MR) is 85.6 cm³/mol. The third-order valence-corrected chi connectivity index (χ3v) is 3.30. The van der Waals surface area contributed by atoms with E-state index in [0.29, 0.717) is 20.8 Å².